The summed E-state index contributed by atoms with van der Waals surface area (Å²) in [7, 11) is -4.72. The Morgan fingerprint density at radius 3 is 2.30 bits per heavy atom. The fourth-order valence-corrected chi connectivity index (χ4v) is 4.49. The molecule has 2 heterocycles. The van der Waals surface area contributed by atoms with Gasteiger partial charge < -0.3 is 5.11 Å². The maximum Gasteiger partial charge on any atom is 0.439 e. The van der Waals surface area contributed by atoms with Crippen LogP contribution in [0.2, 0.25) is 0 Å². The maximum atomic E-state index is 13.2. The zero-order chi connectivity index (χ0) is 17.8. The first kappa shape index (κ1) is 17.7. The Hall–Kier alpha value is -1.62. The van der Waals surface area contributed by atoms with Crippen LogP contribution in [0.1, 0.15) is 31.7 Å². The van der Waals surface area contributed by atoms with Gasteiger partial charge in [-0.25, -0.2) is 0 Å². The van der Waals surface area contributed by atoms with Crippen LogP contribution in [0.15, 0.2) is 10.00 Å². The van der Waals surface area contributed by atoms with Crippen LogP contribution in [-0.4, -0.2) is 45.3 Å². The minimum absolute atomic E-state index is 0.0497. The molecule has 11 heteroatoms. The first-order valence-electron chi connectivity index (χ1n) is 6.79. The van der Waals surface area contributed by atoms with Gasteiger partial charge in [0.05, 0.1) is 11.4 Å². The molecule has 0 radical (unpaired) electrons. The lowest BCUT2D eigenvalue weighted by atomic mass is 10.1. The van der Waals surface area contributed by atoms with E-state index in [1.165, 1.54) is 25.5 Å². The van der Waals surface area contributed by atoms with Gasteiger partial charge in [0.1, 0.15) is 4.90 Å². The molecule has 1 atom stereocenters. The smallest absolute Gasteiger partial charge is 0.361 e. The molecule has 23 heavy (non-hydrogen) atoms. The zero-order valence-corrected chi connectivity index (χ0v) is 13.8. The summed E-state index contributed by atoms with van der Waals surface area (Å²) in [5.74, 6) is 0. The van der Waals surface area contributed by atoms with E-state index in [1.54, 1.807) is 6.92 Å². The SMILES string of the molecule is CCn1nc(C)c(S(=O)(=O)N2N=C(C)C[C@]2(O)C(F)(F)F)c1C. The number of aryl methyl sites for hydroxylation is 2. The number of rotatable bonds is 3. The third-order valence-corrected chi connectivity index (χ3v) is 5.58. The van der Waals surface area contributed by atoms with E-state index in [0.717, 1.165) is 0 Å². The Morgan fingerprint density at radius 1 is 1.30 bits per heavy atom. The van der Waals surface area contributed by atoms with Gasteiger partial charge in [-0.1, -0.05) is 0 Å². The molecular weight excluding hydrogens is 337 g/mol. The largest absolute Gasteiger partial charge is 0.439 e. The van der Waals surface area contributed by atoms with Crippen LogP contribution in [0.5, 0.6) is 0 Å². The summed E-state index contributed by atoms with van der Waals surface area (Å²) in [6.07, 6.45) is -6.13. The van der Waals surface area contributed by atoms with Crippen molar-refractivity contribution in [2.45, 2.75) is 57.5 Å². The molecule has 0 spiro atoms. The van der Waals surface area contributed by atoms with Gasteiger partial charge in [-0.05, 0) is 27.7 Å². The summed E-state index contributed by atoms with van der Waals surface area (Å²) >= 11 is 0. The van der Waals surface area contributed by atoms with Crippen molar-refractivity contribution in [3.8, 4) is 0 Å². The summed E-state index contributed by atoms with van der Waals surface area (Å²) in [6.45, 7) is 6.12. The van der Waals surface area contributed by atoms with Crippen LogP contribution >= 0.6 is 0 Å². The highest BCUT2D eigenvalue weighted by atomic mass is 32.2. The van der Waals surface area contributed by atoms with Gasteiger partial charge in [0.15, 0.2) is 0 Å². The number of halogens is 3. The van der Waals surface area contributed by atoms with Gasteiger partial charge >= 0.3 is 6.18 Å². The number of hydrogen-bond donors (Lipinski definition) is 1. The van der Waals surface area contributed by atoms with E-state index in [4.69, 9.17) is 0 Å². The van der Waals surface area contributed by atoms with Gasteiger partial charge in [-0.15, -0.1) is 4.41 Å². The summed E-state index contributed by atoms with van der Waals surface area (Å²) < 4.78 is 66.3. The van der Waals surface area contributed by atoms with E-state index in [-0.39, 0.29) is 26.4 Å². The Morgan fingerprint density at radius 2 is 1.87 bits per heavy atom. The molecule has 0 saturated heterocycles. The molecule has 0 aliphatic carbocycles. The maximum absolute atomic E-state index is 13.2. The quantitative estimate of drug-likeness (QED) is 0.892. The lowest BCUT2D eigenvalue weighted by Gasteiger charge is -2.33. The fourth-order valence-electron chi connectivity index (χ4n) is 2.61. The number of alkyl halides is 3. The Kier molecular flexibility index (Phi) is 4.01. The van der Waals surface area contributed by atoms with Crippen molar-refractivity contribution in [3.05, 3.63) is 11.4 Å². The standard InChI is InChI=1S/C12H17F3N4O3S/c1-5-18-9(4)10(8(3)17-18)23(21,22)19-11(20,12(13,14)15)6-7(2)16-19/h20H,5-6H2,1-4H3/t11-/m0/s1. The van der Waals surface area contributed by atoms with Crippen molar-refractivity contribution in [2.75, 3.05) is 0 Å². The molecule has 0 amide bonds. The van der Waals surface area contributed by atoms with Gasteiger partial charge in [0, 0.05) is 18.7 Å². The summed E-state index contributed by atoms with van der Waals surface area (Å²) in [6, 6.07) is 0. The average molecular weight is 354 g/mol. The molecular formula is C12H17F3N4O3S. The molecule has 0 fully saturated rings. The van der Waals surface area contributed by atoms with Crippen molar-refractivity contribution in [1.82, 2.24) is 14.2 Å². The first-order chi connectivity index (χ1) is 10.4. The summed E-state index contributed by atoms with van der Waals surface area (Å²) in [5, 5.41) is 17.4. The van der Waals surface area contributed by atoms with Crippen LogP contribution in [0.3, 0.4) is 0 Å². The minimum Gasteiger partial charge on any atom is -0.361 e. The third-order valence-electron chi connectivity index (χ3n) is 3.63. The predicted octanol–water partition coefficient (Wildman–Crippen LogP) is 1.54. The molecule has 1 aromatic heterocycles. The van der Waals surface area contributed by atoms with E-state index in [9.17, 15) is 26.7 Å². The number of nitrogens with zero attached hydrogens (tertiary/aromatic N) is 4. The Labute approximate surface area is 131 Å². The third kappa shape index (κ3) is 2.51. The molecule has 1 aliphatic rings. The van der Waals surface area contributed by atoms with Crippen LogP contribution in [-0.2, 0) is 16.6 Å². The number of hydrogen-bond acceptors (Lipinski definition) is 5. The number of aromatic nitrogens is 2. The van der Waals surface area contributed by atoms with Gasteiger partial charge in [0.2, 0.25) is 0 Å². The molecule has 0 bridgehead atoms. The lowest BCUT2D eigenvalue weighted by Crippen LogP contribution is -2.56. The molecule has 7 nitrogen and oxygen atoms in total. The molecule has 0 aromatic carbocycles. The summed E-state index contributed by atoms with van der Waals surface area (Å²) in [5.41, 5.74) is -3.49. The highest BCUT2D eigenvalue weighted by molar-refractivity contribution is 7.89. The molecule has 2 rings (SSSR count). The monoisotopic (exact) mass is 354 g/mol. The van der Waals surface area contributed by atoms with Crippen molar-refractivity contribution in [3.63, 3.8) is 0 Å². The topological polar surface area (TPSA) is 87.8 Å². The second kappa shape index (κ2) is 5.20. The van der Waals surface area contributed by atoms with Crippen LogP contribution in [0, 0.1) is 13.8 Å². The van der Waals surface area contributed by atoms with Gasteiger partial charge in [-0.3, -0.25) is 4.68 Å². The second-order valence-electron chi connectivity index (χ2n) is 5.39. The highest BCUT2D eigenvalue weighted by Crippen LogP contribution is 2.43. The molecule has 1 N–H and O–H groups in total. The van der Waals surface area contributed by atoms with Crippen molar-refractivity contribution in [1.29, 1.82) is 0 Å². The fraction of sp³-hybridized carbons (Fsp3) is 0.667. The van der Waals surface area contributed by atoms with E-state index < -0.39 is 28.3 Å². The number of aliphatic hydroxyl groups is 1. The van der Waals surface area contributed by atoms with Crippen LogP contribution < -0.4 is 0 Å². The molecule has 0 saturated carbocycles. The van der Waals surface area contributed by atoms with Crippen molar-refractivity contribution in [2.24, 2.45) is 5.10 Å². The molecule has 1 aliphatic heterocycles. The zero-order valence-electron chi connectivity index (χ0n) is 13.0. The summed E-state index contributed by atoms with van der Waals surface area (Å²) in [4.78, 5) is -0.375. The van der Waals surface area contributed by atoms with Gasteiger partial charge in [0.25, 0.3) is 15.7 Å². The van der Waals surface area contributed by atoms with E-state index in [1.807, 2.05) is 0 Å². The highest BCUT2D eigenvalue weighted by Gasteiger charge is 2.64. The molecule has 130 valence electrons. The van der Waals surface area contributed by atoms with Crippen molar-refractivity contribution < 1.29 is 26.7 Å². The van der Waals surface area contributed by atoms with Crippen LogP contribution in [0.4, 0.5) is 13.2 Å². The second-order valence-corrected chi connectivity index (χ2v) is 7.09. The van der Waals surface area contributed by atoms with Crippen LogP contribution in [0.25, 0.3) is 0 Å². The first-order valence-corrected chi connectivity index (χ1v) is 8.23. The molecule has 0 unspecified atom stereocenters. The normalized spacial score (nSPS) is 22.6. The van der Waals surface area contributed by atoms with E-state index >= 15 is 0 Å². The minimum atomic E-state index is -5.19. The van der Waals surface area contributed by atoms with E-state index in [2.05, 4.69) is 10.2 Å². The lowest BCUT2D eigenvalue weighted by molar-refractivity contribution is -0.291. The average Bonchev–Trinajstić information content (AvgIpc) is 2.86. The number of hydrazone groups is 1. The van der Waals surface area contributed by atoms with Crippen molar-refractivity contribution >= 4 is 15.7 Å². The van der Waals surface area contributed by atoms with E-state index in [0.29, 0.717) is 6.54 Å². The predicted molar refractivity (Wildman–Crippen MR) is 75.1 cm³/mol. The Bertz CT molecular complexity index is 769. The molecule has 1 aromatic rings. The Balaban J connectivity index is 2.66. The van der Waals surface area contributed by atoms with Gasteiger partial charge in [-0.2, -0.15) is 31.8 Å². The number of sulfonamides is 1.